The van der Waals surface area contributed by atoms with Crippen LogP contribution < -0.4 is 10.1 Å². The average molecular weight is 534 g/mol. The van der Waals surface area contributed by atoms with E-state index in [2.05, 4.69) is 27.9 Å². The first-order chi connectivity index (χ1) is 15.0. The molecule has 1 atom stereocenters. The summed E-state index contributed by atoms with van der Waals surface area (Å²) in [7, 11) is 0. The maximum atomic E-state index is 13.2. The molecule has 2 aromatic rings. The monoisotopic (exact) mass is 534 g/mol. The first-order valence-electron chi connectivity index (χ1n) is 11.0. The lowest BCUT2D eigenvalue weighted by molar-refractivity contribution is -0.143. The molecule has 6 heteroatoms. The lowest BCUT2D eigenvalue weighted by Gasteiger charge is -2.31. The standard InChI is InChI=1S/C25H31IN2O3/c1-3-23(25(30)27-21-6-4-5-7-21)28(16-19-10-8-18(2)9-11-19)24(29)17-31-22-14-12-20(26)13-15-22/h8-15,21,23H,3-7,16-17H2,1-2H3,(H,27,30)/t23-/m1/s1. The van der Waals surface area contributed by atoms with Crippen LogP contribution in [0.2, 0.25) is 0 Å². The van der Waals surface area contributed by atoms with E-state index in [9.17, 15) is 9.59 Å². The third kappa shape index (κ3) is 6.95. The summed E-state index contributed by atoms with van der Waals surface area (Å²) in [6.07, 6.45) is 4.89. The van der Waals surface area contributed by atoms with E-state index in [1.54, 1.807) is 4.90 Å². The topological polar surface area (TPSA) is 58.6 Å². The number of aryl methyl sites for hydroxylation is 1. The van der Waals surface area contributed by atoms with Crippen LogP contribution in [0, 0.1) is 10.5 Å². The molecule has 0 saturated heterocycles. The molecule has 0 aliphatic heterocycles. The molecule has 31 heavy (non-hydrogen) atoms. The molecular formula is C25H31IN2O3. The van der Waals surface area contributed by atoms with E-state index in [4.69, 9.17) is 4.74 Å². The third-order valence-electron chi connectivity index (χ3n) is 5.74. The molecule has 0 spiro atoms. The van der Waals surface area contributed by atoms with Gasteiger partial charge in [0.2, 0.25) is 5.91 Å². The Morgan fingerprint density at radius 3 is 2.35 bits per heavy atom. The highest BCUT2D eigenvalue weighted by atomic mass is 127. The molecule has 166 valence electrons. The van der Waals surface area contributed by atoms with Gasteiger partial charge in [0.1, 0.15) is 11.8 Å². The highest BCUT2D eigenvalue weighted by Crippen LogP contribution is 2.20. The van der Waals surface area contributed by atoms with Crippen molar-refractivity contribution in [3.63, 3.8) is 0 Å². The smallest absolute Gasteiger partial charge is 0.261 e. The SMILES string of the molecule is CC[C@H](C(=O)NC1CCCC1)N(Cc1ccc(C)cc1)C(=O)COc1ccc(I)cc1. The van der Waals surface area contributed by atoms with E-state index in [-0.39, 0.29) is 24.5 Å². The van der Waals surface area contributed by atoms with Gasteiger partial charge in [0.15, 0.2) is 6.61 Å². The molecule has 2 amide bonds. The number of rotatable bonds is 9. The zero-order valence-corrected chi connectivity index (χ0v) is 20.4. The summed E-state index contributed by atoms with van der Waals surface area (Å²) in [6.45, 7) is 4.27. The number of carbonyl (C=O) groups is 2. The molecule has 1 fully saturated rings. The molecule has 1 aliphatic carbocycles. The number of benzene rings is 2. The lowest BCUT2D eigenvalue weighted by atomic mass is 10.1. The zero-order chi connectivity index (χ0) is 22.2. The molecular weight excluding hydrogens is 503 g/mol. The molecule has 5 nitrogen and oxygen atoms in total. The number of nitrogens with one attached hydrogen (secondary N) is 1. The Morgan fingerprint density at radius 2 is 1.74 bits per heavy atom. The Hall–Kier alpha value is -2.09. The van der Waals surface area contributed by atoms with Crippen molar-refractivity contribution in [3.05, 3.63) is 63.2 Å². The number of hydrogen-bond donors (Lipinski definition) is 1. The second-order valence-electron chi connectivity index (χ2n) is 8.16. The van der Waals surface area contributed by atoms with Crippen molar-refractivity contribution >= 4 is 34.4 Å². The van der Waals surface area contributed by atoms with Crippen LogP contribution in [0.15, 0.2) is 48.5 Å². The minimum atomic E-state index is -0.519. The van der Waals surface area contributed by atoms with E-state index in [0.29, 0.717) is 18.7 Å². The average Bonchev–Trinajstić information content (AvgIpc) is 3.27. The molecule has 2 aromatic carbocycles. The Labute approximate surface area is 198 Å². The van der Waals surface area contributed by atoms with Gasteiger partial charge in [0, 0.05) is 16.2 Å². The van der Waals surface area contributed by atoms with E-state index in [0.717, 1.165) is 40.4 Å². The molecule has 0 heterocycles. The van der Waals surface area contributed by atoms with Crippen LogP contribution in [0.25, 0.3) is 0 Å². The molecule has 1 aliphatic rings. The van der Waals surface area contributed by atoms with Crippen molar-refractivity contribution in [2.75, 3.05) is 6.61 Å². The van der Waals surface area contributed by atoms with Gasteiger partial charge in [-0.15, -0.1) is 0 Å². The zero-order valence-electron chi connectivity index (χ0n) is 18.3. The van der Waals surface area contributed by atoms with Crippen LogP contribution in [0.1, 0.15) is 50.2 Å². The Balaban J connectivity index is 1.74. The molecule has 1 saturated carbocycles. The fraction of sp³-hybridized carbons (Fsp3) is 0.440. The van der Waals surface area contributed by atoms with Gasteiger partial charge in [-0.3, -0.25) is 9.59 Å². The van der Waals surface area contributed by atoms with Crippen molar-refractivity contribution in [2.24, 2.45) is 0 Å². The highest BCUT2D eigenvalue weighted by Gasteiger charge is 2.30. The molecule has 0 bridgehead atoms. The first-order valence-corrected chi connectivity index (χ1v) is 12.1. The van der Waals surface area contributed by atoms with Crippen LogP contribution in [0.4, 0.5) is 0 Å². The normalized spacial score (nSPS) is 14.8. The van der Waals surface area contributed by atoms with Crippen molar-refractivity contribution < 1.29 is 14.3 Å². The largest absolute Gasteiger partial charge is 0.484 e. The summed E-state index contributed by atoms with van der Waals surface area (Å²) in [4.78, 5) is 28.0. The number of ether oxygens (including phenoxy) is 1. The molecule has 0 radical (unpaired) electrons. The van der Waals surface area contributed by atoms with Crippen LogP contribution in [-0.2, 0) is 16.1 Å². The van der Waals surface area contributed by atoms with E-state index < -0.39 is 6.04 Å². The summed E-state index contributed by atoms with van der Waals surface area (Å²) in [5.41, 5.74) is 2.16. The summed E-state index contributed by atoms with van der Waals surface area (Å²) >= 11 is 2.23. The Bertz CT molecular complexity index is 861. The van der Waals surface area contributed by atoms with Gasteiger partial charge < -0.3 is 15.0 Å². The summed E-state index contributed by atoms with van der Waals surface area (Å²) in [5.74, 6) is 0.393. The molecule has 0 unspecified atom stereocenters. The van der Waals surface area contributed by atoms with E-state index in [1.807, 2.05) is 62.4 Å². The van der Waals surface area contributed by atoms with Crippen LogP contribution in [-0.4, -0.2) is 35.4 Å². The summed E-state index contributed by atoms with van der Waals surface area (Å²) < 4.78 is 6.85. The van der Waals surface area contributed by atoms with Crippen molar-refractivity contribution in [1.29, 1.82) is 0 Å². The van der Waals surface area contributed by atoms with Gasteiger partial charge in [0.05, 0.1) is 0 Å². The van der Waals surface area contributed by atoms with Crippen molar-refractivity contribution in [3.8, 4) is 5.75 Å². The van der Waals surface area contributed by atoms with Gasteiger partial charge in [-0.25, -0.2) is 0 Å². The van der Waals surface area contributed by atoms with Crippen LogP contribution in [0.3, 0.4) is 0 Å². The fourth-order valence-electron chi connectivity index (χ4n) is 3.94. The van der Waals surface area contributed by atoms with Crippen LogP contribution in [0.5, 0.6) is 5.75 Å². The fourth-order valence-corrected chi connectivity index (χ4v) is 4.30. The predicted molar refractivity (Wildman–Crippen MR) is 131 cm³/mol. The molecule has 0 aromatic heterocycles. The quantitative estimate of drug-likeness (QED) is 0.469. The predicted octanol–water partition coefficient (Wildman–Crippen LogP) is 4.84. The second kappa shape index (κ2) is 11.5. The van der Waals surface area contributed by atoms with Gasteiger partial charge >= 0.3 is 0 Å². The Morgan fingerprint density at radius 1 is 1.10 bits per heavy atom. The second-order valence-corrected chi connectivity index (χ2v) is 9.41. The number of nitrogens with zero attached hydrogens (tertiary/aromatic N) is 1. The van der Waals surface area contributed by atoms with E-state index >= 15 is 0 Å². The lowest BCUT2D eigenvalue weighted by Crippen LogP contribution is -2.52. The first kappa shape index (κ1) is 23.6. The number of carbonyl (C=O) groups excluding carboxylic acids is 2. The minimum Gasteiger partial charge on any atom is -0.484 e. The molecule has 3 rings (SSSR count). The van der Waals surface area contributed by atoms with Crippen molar-refractivity contribution in [1.82, 2.24) is 10.2 Å². The van der Waals surface area contributed by atoms with Gasteiger partial charge in [-0.2, -0.15) is 0 Å². The molecule has 1 N–H and O–H groups in total. The third-order valence-corrected chi connectivity index (χ3v) is 6.46. The maximum Gasteiger partial charge on any atom is 0.261 e. The number of halogens is 1. The Kier molecular flexibility index (Phi) is 8.75. The summed E-state index contributed by atoms with van der Waals surface area (Å²) in [5, 5.41) is 3.17. The number of hydrogen-bond acceptors (Lipinski definition) is 3. The van der Waals surface area contributed by atoms with Gasteiger partial charge in [-0.1, -0.05) is 49.6 Å². The summed E-state index contributed by atoms with van der Waals surface area (Å²) in [6, 6.07) is 15.4. The van der Waals surface area contributed by atoms with Gasteiger partial charge in [-0.05, 0) is 78.6 Å². The maximum absolute atomic E-state index is 13.2. The van der Waals surface area contributed by atoms with Gasteiger partial charge in [0.25, 0.3) is 5.91 Å². The highest BCUT2D eigenvalue weighted by molar-refractivity contribution is 14.1. The van der Waals surface area contributed by atoms with Crippen LogP contribution >= 0.6 is 22.6 Å². The van der Waals surface area contributed by atoms with E-state index in [1.165, 1.54) is 0 Å². The van der Waals surface area contributed by atoms with Crippen molar-refractivity contribution in [2.45, 2.75) is 64.6 Å². The minimum absolute atomic E-state index is 0.0656. The number of amides is 2.